The van der Waals surface area contributed by atoms with Crippen LogP contribution in [0.25, 0.3) is 11.2 Å². The maximum Gasteiger partial charge on any atom is 0.188 e. The summed E-state index contributed by atoms with van der Waals surface area (Å²) in [6.07, 6.45) is 0. The lowest BCUT2D eigenvalue weighted by atomic mass is 10.3. The van der Waals surface area contributed by atoms with Crippen molar-refractivity contribution in [2.45, 2.75) is 90.6 Å². The highest BCUT2D eigenvalue weighted by molar-refractivity contribution is 6.90. The van der Waals surface area contributed by atoms with E-state index < -0.39 is 16.1 Å². The first kappa shape index (κ1) is 27.9. The first-order chi connectivity index (χ1) is 16.5. The van der Waals surface area contributed by atoms with Crippen LogP contribution in [0, 0.1) is 11.5 Å². The highest BCUT2D eigenvalue weighted by Crippen LogP contribution is 2.40. The lowest BCUT2D eigenvalue weighted by Gasteiger charge is -2.38. The predicted molar refractivity (Wildman–Crippen MR) is 153 cm³/mol. The van der Waals surface area contributed by atoms with Crippen LogP contribution in [0.5, 0.6) is 0 Å². The summed E-state index contributed by atoms with van der Waals surface area (Å²) in [5.74, 6) is 5.31. The Kier molecular flexibility index (Phi) is 9.24. The van der Waals surface area contributed by atoms with E-state index in [2.05, 4.69) is 94.2 Å². The van der Waals surface area contributed by atoms with Gasteiger partial charge in [0.25, 0.3) is 0 Å². The van der Waals surface area contributed by atoms with Gasteiger partial charge in [-0.1, -0.05) is 61.2 Å². The fourth-order valence-corrected chi connectivity index (χ4v) is 11.3. The maximum absolute atomic E-state index is 6.19. The lowest BCUT2D eigenvalue weighted by molar-refractivity contribution is 0.0889. The van der Waals surface area contributed by atoms with E-state index in [0.717, 1.165) is 61.8 Å². The van der Waals surface area contributed by atoms with E-state index in [-0.39, 0.29) is 0 Å². The van der Waals surface area contributed by atoms with Gasteiger partial charge in [0.2, 0.25) is 0 Å². The van der Waals surface area contributed by atoms with Crippen molar-refractivity contribution in [1.82, 2.24) is 14.5 Å². The van der Waals surface area contributed by atoms with Gasteiger partial charge in [-0.2, -0.15) is 0 Å². The van der Waals surface area contributed by atoms with Gasteiger partial charge in [-0.05, 0) is 40.7 Å². The molecule has 0 unspecified atom stereocenters. The van der Waals surface area contributed by atoms with Crippen molar-refractivity contribution in [2.75, 3.05) is 37.8 Å². The normalized spacial score (nSPS) is 15.4. The molecule has 3 rings (SSSR count). The summed E-state index contributed by atoms with van der Waals surface area (Å²) in [5.41, 5.74) is 7.31. The third-order valence-corrected chi connectivity index (χ3v) is 15.4. The van der Waals surface area contributed by atoms with Crippen LogP contribution in [0.1, 0.15) is 47.4 Å². The van der Waals surface area contributed by atoms with Crippen LogP contribution in [0.4, 0.5) is 5.82 Å². The number of hydrogen-bond donors (Lipinski definition) is 0. The van der Waals surface area contributed by atoms with Crippen LogP contribution in [-0.4, -0.2) is 63.6 Å². The number of fused-ring (bicyclic) bond motifs is 1. The van der Waals surface area contributed by atoms with Crippen molar-refractivity contribution in [1.29, 1.82) is 0 Å². The number of rotatable bonds is 9. The van der Waals surface area contributed by atoms with E-state index in [1.54, 1.807) is 0 Å². The Morgan fingerprint density at radius 2 is 1.60 bits per heavy atom. The topological polar surface area (TPSA) is 52.4 Å². The van der Waals surface area contributed by atoms with Crippen molar-refractivity contribution in [3.05, 3.63) is 18.0 Å². The number of aromatic nitrogens is 3. The average molecular weight is 515 g/mol. The van der Waals surface area contributed by atoms with Crippen molar-refractivity contribution in [3.63, 3.8) is 0 Å². The molecule has 1 aliphatic rings. The van der Waals surface area contributed by atoms with E-state index in [9.17, 15) is 0 Å². The predicted octanol–water partition coefficient (Wildman–Crippen LogP) is 6.15. The second kappa shape index (κ2) is 11.6. The first-order valence-electron chi connectivity index (χ1n) is 13.3. The number of ether oxygens (including phenoxy) is 2. The summed E-state index contributed by atoms with van der Waals surface area (Å²) in [4.78, 5) is 12.3. The van der Waals surface area contributed by atoms with Crippen molar-refractivity contribution >= 4 is 33.1 Å². The van der Waals surface area contributed by atoms with Gasteiger partial charge in [-0.25, -0.2) is 9.97 Å². The summed E-state index contributed by atoms with van der Waals surface area (Å²) in [7, 11) is -3.04. The van der Waals surface area contributed by atoms with Crippen LogP contribution in [-0.2, 0) is 16.2 Å². The number of imidazole rings is 1. The molecule has 1 aliphatic heterocycles. The Balaban J connectivity index is 2.03. The number of nitrogens with zero attached hydrogens (tertiary/aromatic N) is 4. The zero-order valence-corrected chi connectivity index (χ0v) is 25.4. The first-order valence-corrected chi connectivity index (χ1v) is 19.2. The standard InChI is InChI=1S/C27H46N4O2Si2/c1-21(2)35(22(3)4,23(5)6)18-12-26-28-24-10-11-25(30-13-15-32-16-14-30)29-27(24)31(26)20-33-17-19-34(7,8)9/h10-11,21-23H,13-17,19-20H2,1-9H3. The van der Waals surface area contributed by atoms with Gasteiger partial charge in [0, 0.05) is 27.8 Å². The van der Waals surface area contributed by atoms with Gasteiger partial charge in [-0.15, -0.1) is 5.54 Å². The molecule has 3 heterocycles. The second-order valence-corrected chi connectivity index (χ2v) is 23.2. The lowest BCUT2D eigenvalue weighted by Crippen LogP contribution is -2.43. The molecule has 8 heteroatoms. The van der Waals surface area contributed by atoms with E-state index in [4.69, 9.17) is 19.4 Å². The highest BCUT2D eigenvalue weighted by Gasteiger charge is 2.41. The van der Waals surface area contributed by atoms with Crippen molar-refractivity contribution in [3.8, 4) is 11.5 Å². The molecule has 1 fully saturated rings. The minimum Gasteiger partial charge on any atom is -0.378 e. The quantitative estimate of drug-likeness (QED) is 0.228. The Hall–Kier alpha value is -1.67. The molecule has 194 valence electrons. The van der Waals surface area contributed by atoms with Crippen LogP contribution in [0.15, 0.2) is 12.1 Å². The minimum absolute atomic E-state index is 0.435. The molecule has 0 bridgehead atoms. The highest BCUT2D eigenvalue weighted by atomic mass is 28.3. The molecule has 2 aromatic heterocycles. The van der Waals surface area contributed by atoms with E-state index in [1.165, 1.54) is 0 Å². The smallest absolute Gasteiger partial charge is 0.188 e. The number of anilines is 1. The molecule has 6 nitrogen and oxygen atoms in total. The Labute approximate surface area is 214 Å². The van der Waals surface area contributed by atoms with Gasteiger partial charge >= 0.3 is 0 Å². The van der Waals surface area contributed by atoms with E-state index in [1.807, 2.05) is 0 Å². The second-order valence-electron chi connectivity index (χ2n) is 12.0. The van der Waals surface area contributed by atoms with Crippen LogP contribution < -0.4 is 4.90 Å². The fraction of sp³-hybridized carbons (Fsp3) is 0.704. The Bertz CT molecular complexity index is 1020. The van der Waals surface area contributed by atoms with Crippen molar-refractivity contribution < 1.29 is 9.47 Å². The summed E-state index contributed by atoms with van der Waals surface area (Å²) < 4.78 is 13.8. The molecule has 0 saturated carbocycles. The summed E-state index contributed by atoms with van der Waals surface area (Å²) >= 11 is 0. The zero-order valence-electron chi connectivity index (χ0n) is 23.4. The Morgan fingerprint density at radius 1 is 0.971 bits per heavy atom. The molecule has 2 aromatic rings. The van der Waals surface area contributed by atoms with Gasteiger partial charge in [-0.3, -0.25) is 4.57 Å². The molecule has 0 spiro atoms. The molecule has 0 N–H and O–H groups in total. The van der Waals surface area contributed by atoms with Gasteiger partial charge in [0.05, 0.1) is 13.2 Å². The third-order valence-electron chi connectivity index (χ3n) is 7.39. The van der Waals surface area contributed by atoms with E-state index in [0.29, 0.717) is 23.4 Å². The SMILES string of the molecule is CC(C)[Si](C#Cc1nc2ccc(N3CCOCC3)nc2n1COCC[Si](C)(C)C)(C(C)C)C(C)C. The molecule has 0 radical (unpaired) electrons. The molecule has 1 saturated heterocycles. The molecule has 0 atom stereocenters. The monoisotopic (exact) mass is 514 g/mol. The third kappa shape index (κ3) is 6.56. The van der Waals surface area contributed by atoms with Gasteiger partial charge in [0.15, 0.2) is 11.5 Å². The Morgan fingerprint density at radius 3 is 2.17 bits per heavy atom. The van der Waals surface area contributed by atoms with Gasteiger partial charge in [0.1, 0.15) is 26.1 Å². The molecule has 0 amide bonds. The number of pyridine rings is 1. The van der Waals surface area contributed by atoms with Gasteiger partial charge < -0.3 is 14.4 Å². The maximum atomic E-state index is 6.19. The number of hydrogen-bond acceptors (Lipinski definition) is 5. The average Bonchev–Trinajstić information content (AvgIpc) is 3.13. The van der Waals surface area contributed by atoms with Crippen LogP contribution >= 0.6 is 0 Å². The van der Waals surface area contributed by atoms with E-state index >= 15 is 0 Å². The van der Waals surface area contributed by atoms with Crippen LogP contribution in [0.3, 0.4) is 0 Å². The molecular weight excluding hydrogens is 468 g/mol. The molecule has 0 aromatic carbocycles. The zero-order chi connectivity index (χ0) is 25.8. The molecule has 35 heavy (non-hydrogen) atoms. The summed E-state index contributed by atoms with van der Waals surface area (Å²) in [6.45, 7) is 25.6. The molecule has 0 aliphatic carbocycles. The number of morpholine rings is 1. The molecular formula is C27H46N4O2Si2. The summed E-state index contributed by atoms with van der Waals surface area (Å²) in [5, 5.41) is 0. The summed E-state index contributed by atoms with van der Waals surface area (Å²) in [6, 6.07) is 5.29. The largest absolute Gasteiger partial charge is 0.378 e. The fourth-order valence-electron chi connectivity index (χ4n) is 5.31. The minimum atomic E-state index is -1.88. The van der Waals surface area contributed by atoms with Crippen LogP contribution in [0.2, 0.25) is 42.3 Å². The van der Waals surface area contributed by atoms with Crippen molar-refractivity contribution in [2.24, 2.45) is 0 Å².